The molecule has 4 heteroatoms. The normalized spacial score (nSPS) is 32.4. The molecule has 0 aliphatic heterocycles. The van der Waals surface area contributed by atoms with Gasteiger partial charge in [-0.1, -0.05) is 0 Å². The average molecular weight is 276 g/mol. The largest absolute Gasteiger partial charge is 0.312 e. The van der Waals surface area contributed by atoms with E-state index < -0.39 is 0 Å². The van der Waals surface area contributed by atoms with Gasteiger partial charge in [-0.25, -0.2) is 4.98 Å². The van der Waals surface area contributed by atoms with Crippen molar-refractivity contribution >= 4 is 0 Å². The molecule has 1 aromatic rings. The molecule has 1 heterocycles. The highest BCUT2D eigenvalue weighted by molar-refractivity contribution is 5.08. The van der Waals surface area contributed by atoms with Crippen LogP contribution in [0.1, 0.15) is 52.8 Å². The van der Waals surface area contributed by atoms with E-state index in [0.29, 0.717) is 5.41 Å². The summed E-state index contributed by atoms with van der Waals surface area (Å²) in [5, 5.41) is 8.07. The number of fused-ring (bicyclic) bond motifs is 1. The third-order valence-electron chi connectivity index (χ3n) is 4.98. The zero-order chi connectivity index (χ0) is 14.4. The Kier molecular flexibility index (Phi) is 3.39. The van der Waals surface area contributed by atoms with Crippen molar-refractivity contribution in [2.45, 2.75) is 65.5 Å². The van der Waals surface area contributed by atoms with E-state index in [9.17, 15) is 0 Å². The van der Waals surface area contributed by atoms with Crippen LogP contribution in [0.4, 0.5) is 0 Å². The van der Waals surface area contributed by atoms with Crippen molar-refractivity contribution in [2.24, 2.45) is 17.3 Å². The first kappa shape index (κ1) is 14.1. The standard InChI is InChI=1S/C16H28N4/c1-5-20-14(17-11-19-20)9-16(10-18-15(2,3)4)7-12-6-13(12)8-16/h11-13,18H,5-10H2,1-4H3. The molecule has 0 saturated heterocycles. The van der Waals surface area contributed by atoms with Crippen LogP contribution in [0.25, 0.3) is 0 Å². The molecule has 2 atom stereocenters. The topological polar surface area (TPSA) is 42.7 Å². The molecule has 2 unspecified atom stereocenters. The van der Waals surface area contributed by atoms with Gasteiger partial charge in [-0.2, -0.15) is 5.10 Å². The molecular formula is C16H28N4. The van der Waals surface area contributed by atoms with Gasteiger partial charge in [0.1, 0.15) is 12.2 Å². The lowest BCUT2D eigenvalue weighted by Gasteiger charge is -2.34. The Morgan fingerprint density at radius 2 is 2.05 bits per heavy atom. The Bertz CT molecular complexity index is 461. The number of hydrogen-bond acceptors (Lipinski definition) is 3. The molecule has 20 heavy (non-hydrogen) atoms. The molecule has 1 aromatic heterocycles. The summed E-state index contributed by atoms with van der Waals surface area (Å²) in [4.78, 5) is 4.50. The molecule has 2 aliphatic carbocycles. The summed E-state index contributed by atoms with van der Waals surface area (Å²) in [6.07, 6.45) is 7.00. The fourth-order valence-electron chi connectivity index (χ4n) is 3.83. The van der Waals surface area contributed by atoms with Gasteiger partial charge in [-0.05, 0) is 64.2 Å². The molecule has 1 N–H and O–H groups in total. The summed E-state index contributed by atoms with van der Waals surface area (Å²) in [6.45, 7) is 10.9. The summed E-state index contributed by atoms with van der Waals surface area (Å²) in [5.41, 5.74) is 0.596. The molecule has 2 saturated carbocycles. The average Bonchev–Trinajstić information content (AvgIpc) is 2.81. The van der Waals surface area contributed by atoms with Crippen LogP contribution < -0.4 is 5.32 Å². The van der Waals surface area contributed by atoms with E-state index in [-0.39, 0.29) is 5.54 Å². The lowest BCUT2D eigenvalue weighted by molar-refractivity contribution is 0.215. The van der Waals surface area contributed by atoms with E-state index in [1.54, 1.807) is 6.33 Å². The maximum absolute atomic E-state index is 4.50. The van der Waals surface area contributed by atoms with Gasteiger partial charge in [0.25, 0.3) is 0 Å². The van der Waals surface area contributed by atoms with E-state index in [0.717, 1.165) is 31.3 Å². The van der Waals surface area contributed by atoms with Crippen LogP contribution in [-0.2, 0) is 13.0 Å². The summed E-state index contributed by atoms with van der Waals surface area (Å²) in [5.74, 6) is 3.16. The minimum atomic E-state index is 0.193. The molecule has 0 aromatic carbocycles. The van der Waals surface area contributed by atoms with Gasteiger partial charge in [0.2, 0.25) is 0 Å². The molecule has 3 rings (SSSR count). The maximum Gasteiger partial charge on any atom is 0.138 e. The van der Waals surface area contributed by atoms with Crippen molar-refractivity contribution in [3.05, 3.63) is 12.2 Å². The molecule has 2 fully saturated rings. The molecule has 0 bridgehead atoms. The number of rotatable bonds is 5. The smallest absolute Gasteiger partial charge is 0.138 e. The molecule has 4 nitrogen and oxygen atoms in total. The first-order valence-corrected chi connectivity index (χ1v) is 8.02. The molecule has 2 aliphatic rings. The highest BCUT2D eigenvalue weighted by Gasteiger charge is 2.53. The van der Waals surface area contributed by atoms with Crippen molar-refractivity contribution < 1.29 is 0 Å². The lowest BCUT2D eigenvalue weighted by Crippen LogP contribution is -2.44. The second kappa shape index (κ2) is 4.83. The number of nitrogens with zero attached hydrogens (tertiary/aromatic N) is 3. The number of aryl methyl sites for hydroxylation is 1. The van der Waals surface area contributed by atoms with Crippen LogP contribution in [0.2, 0.25) is 0 Å². The highest BCUT2D eigenvalue weighted by Crippen LogP contribution is 2.60. The summed E-state index contributed by atoms with van der Waals surface area (Å²) < 4.78 is 2.06. The second-order valence-electron chi connectivity index (χ2n) is 7.94. The van der Waals surface area contributed by atoms with Gasteiger partial charge in [0.05, 0.1) is 0 Å². The van der Waals surface area contributed by atoms with E-state index in [1.165, 1.54) is 25.1 Å². The van der Waals surface area contributed by atoms with Crippen LogP contribution in [0.3, 0.4) is 0 Å². The molecule has 0 radical (unpaired) electrons. The maximum atomic E-state index is 4.50. The van der Waals surface area contributed by atoms with Gasteiger partial charge >= 0.3 is 0 Å². The Hall–Kier alpha value is -0.900. The van der Waals surface area contributed by atoms with E-state index in [4.69, 9.17) is 0 Å². The zero-order valence-electron chi connectivity index (χ0n) is 13.3. The Balaban J connectivity index is 1.73. The van der Waals surface area contributed by atoms with Crippen molar-refractivity contribution in [1.29, 1.82) is 0 Å². The van der Waals surface area contributed by atoms with Gasteiger partial charge in [-0.3, -0.25) is 4.68 Å². The molecule has 0 amide bonds. The first-order chi connectivity index (χ1) is 9.41. The summed E-state index contributed by atoms with van der Waals surface area (Å²) in [7, 11) is 0. The summed E-state index contributed by atoms with van der Waals surface area (Å²) in [6, 6.07) is 0. The quantitative estimate of drug-likeness (QED) is 0.899. The van der Waals surface area contributed by atoms with E-state index in [1.807, 2.05) is 0 Å². The monoisotopic (exact) mass is 276 g/mol. The Morgan fingerprint density at radius 1 is 1.35 bits per heavy atom. The predicted molar refractivity (Wildman–Crippen MR) is 80.4 cm³/mol. The molecule has 112 valence electrons. The fraction of sp³-hybridized carbons (Fsp3) is 0.875. The van der Waals surface area contributed by atoms with Crippen molar-refractivity contribution in [3.63, 3.8) is 0 Å². The fourth-order valence-corrected chi connectivity index (χ4v) is 3.83. The SMILES string of the molecule is CCn1ncnc1CC1(CNC(C)(C)C)CC2CC2C1. The van der Waals surface area contributed by atoms with Crippen LogP contribution in [-0.4, -0.2) is 26.8 Å². The number of aromatic nitrogens is 3. The molecular weight excluding hydrogens is 248 g/mol. The minimum Gasteiger partial charge on any atom is -0.312 e. The minimum absolute atomic E-state index is 0.193. The third-order valence-corrected chi connectivity index (χ3v) is 4.98. The van der Waals surface area contributed by atoms with Crippen molar-refractivity contribution in [2.75, 3.05) is 6.54 Å². The Morgan fingerprint density at radius 3 is 2.65 bits per heavy atom. The van der Waals surface area contributed by atoms with Gasteiger partial charge in [0.15, 0.2) is 0 Å². The Labute approximate surface area is 122 Å². The van der Waals surface area contributed by atoms with Gasteiger partial charge in [0, 0.05) is 25.0 Å². The van der Waals surface area contributed by atoms with Gasteiger partial charge in [-0.15, -0.1) is 0 Å². The van der Waals surface area contributed by atoms with Crippen LogP contribution in [0.15, 0.2) is 6.33 Å². The van der Waals surface area contributed by atoms with E-state index in [2.05, 4.69) is 47.8 Å². The van der Waals surface area contributed by atoms with Crippen LogP contribution in [0, 0.1) is 17.3 Å². The second-order valence-corrected chi connectivity index (χ2v) is 7.94. The lowest BCUT2D eigenvalue weighted by atomic mass is 9.78. The van der Waals surface area contributed by atoms with E-state index >= 15 is 0 Å². The first-order valence-electron chi connectivity index (χ1n) is 8.02. The zero-order valence-corrected chi connectivity index (χ0v) is 13.3. The predicted octanol–water partition coefficient (Wildman–Crippen LogP) is 2.64. The number of hydrogen-bond donors (Lipinski definition) is 1. The van der Waals surface area contributed by atoms with Crippen LogP contribution >= 0.6 is 0 Å². The van der Waals surface area contributed by atoms with Crippen molar-refractivity contribution in [3.8, 4) is 0 Å². The molecule has 0 spiro atoms. The van der Waals surface area contributed by atoms with Gasteiger partial charge < -0.3 is 5.32 Å². The third kappa shape index (κ3) is 2.90. The highest BCUT2D eigenvalue weighted by atomic mass is 15.3. The number of nitrogens with one attached hydrogen (secondary N) is 1. The summed E-state index contributed by atoms with van der Waals surface area (Å²) >= 11 is 0. The van der Waals surface area contributed by atoms with Crippen molar-refractivity contribution in [1.82, 2.24) is 20.1 Å². The van der Waals surface area contributed by atoms with Crippen LogP contribution in [0.5, 0.6) is 0 Å².